The van der Waals surface area contributed by atoms with Crippen LogP contribution in [0, 0.1) is 0 Å². The molecule has 1 unspecified atom stereocenters. The first-order valence-corrected chi connectivity index (χ1v) is 11.3. The molecular formula is C15H20ClN5O5S2. The number of rotatable bonds is 6. The molecule has 0 saturated carbocycles. The second-order valence-corrected chi connectivity index (χ2v) is 9.21. The molecule has 0 amide bonds. The molecule has 1 atom stereocenters. The van der Waals surface area contributed by atoms with Gasteiger partial charge in [-0.1, -0.05) is 11.6 Å². The Morgan fingerprint density at radius 1 is 1.32 bits per heavy atom. The smallest absolute Gasteiger partial charge is 0.318 e. The first-order chi connectivity index (χ1) is 13.2. The van der Waals surface area contributed by atoms with E-state index in [2.05, 4.69) is 14.1 Å². The molecule has 2 aromatic rings. The Morgan fingerprint density at radius 2 is 2.00 bits per heavy atom. The predicted molar refractivity (Wildman–Crippen MR) is 105 cm³/mol. The third-order valence-corrected chi connectivity index (χ3v) is 7.27. The van der Waals surface area contributed by atoms with Gasteiger partial charge < -0.3 is 24.6 Å². The van der Waals surface area contributed by atoms with E-state index in [9.17, 15) is 18.1 Å². The Labute approximate surface area is 170 Å². The zero-order valence-electron chi connectivity index (χ0n) is 15.3. The molecule has 0 bridgehead atoms. The van der Waals surface area contributed by atoms with Crippen molar-refractivity contribution in [3.05, 3.63) is 17.2 Å². The Hall–Kier alpha value is -1.70. The van der Waals surface area contributed by atoms with Crippen LogP contribution >= 0.6 is 22.7 Å². The molecule has 1 aliphatic rings. The zero-order valence-corrected chi connectivity index (χ0v) is 17.6. The molecule has 28 heavy (non-hydrogen) atoms. The Morgan fingerprint density at radius 3 is 2.64 bits per heavy atom. The number of aromatic hydroxyl groups is 1. The van der Waals surface area contributed by atoms with Crippen molar-refractivity contribution in [2.24, 2.45) is 0 Å². The van der Waals surface area contributed by atoms with E-state index in [1.165, 1.54) is 16.4 Å². The second kappa shape index (κ2) is 8.35. The molecule has 2 N–H and O–H groups in total. The van der Waals surface area contributed by atoms with Crippen LogP contribution < -0.4 is 10.1 Å². The third kappa shape index (κ3) is 4.16. The molecule has 0 spiro atoms. The van der Waals surface area contributed by atoms with Crippen LogP contribution in [0.1, 0.15) is 6.92 Å². The van der Waals surface area contributed by atoms with Crippen LogP contribution in [0.4, 0.5) is 11.5 Å². The summed E-state index contributed by atoms with van der Waals surface area (Å²) < 4.78 is 51.7. The van der Waals surface area contributed by atoms with Gasteiger partial charge in [0.25, 0.3) is 5.82 Å². The number of nitrogens with one attached hydrogen (secondary N) is 1. The minimum atomic E-state index is -4.01. The summed E-state index contributed by atoms with van der Waals surface area (Å²) in [6.45, 7) is 3.73. The number of sulfonamides is 1. The lowest BCUT2D eigenvalue weighted by atomic mass is 10.3. The lowest BCUT2D eigenvalue weighted by Gasteiger charge is -2.32. The van der Waals surface area contributed by atoms with Crippen LogP contribution in [-0.2, 0) is 10.0 Å². The maximum Gasteiger partial charge on any atom is 0.318 e. The van der Waals surface area contributed by atoms with Crippen LogP contribution in [-0.4, -0.2) is 75.9 Å². The highest BCUT2D eigenvalue weighted by molar-refractivity contribution is 7.89. The van der Waals surface area contributed by atoms with E-state index in [-0.39, 0.29) is 29.0 Å². The van der Waals surface area contributed by atoms with Gasteiger partial charge in [0.15, 0.2) is 16.9 Å². The third-order valence-electron chi connectivity index (χ3n) is 4.21. The minimum Gasteiger partial charge on any atom is -0.546 e. The number of nitrogens with zero attached hydrogens (tertiary/aromatic N) is 4. The molecule has 2 heterocycles. The molecule has 1 aliphatic heterocycles. The fraction of sp³-hybridized carbons (Fsp3) is 0.467. The maximum absolute atomic E-state index is 13.1. The molecule has 3 rings (SSSR count). The van der Waals surface area contributed by atoms with E-state index in [1.807, 2.05) is 11.9 Å². The van der Waals surface area contributed by atoms with Gasteiger partial charge >= 0.3 is 5.88 Å². The van der Waals surface area contributed by atoms with Gasteiger partial charge in [0.05, 0.1) is 17.3 Å². The van der Waals surface area contributed by atoms with Crippen molar-refractivity contribution >= 4 is 44.3 Å². The van der Waals surface area contributed by atoms with Crippen molar-refractivity contribution in [3.63, 3.8) is 0 Å². The summed E-state index contributed by atoms with van der Waals surface area (Å²) in [6, 6.07) is 2.75. The average Bonchev–Trinajstić information content (AvgIpc) is 2.97. The quantitative estimate of drug-likeness (QED) is 0.499. The molecule has 1 fully saturated rings. The van der Waals surface area contributed by atoms with Gasteiger partial charge in [-0.3, -0.25) is 0 Å². The van der Waals surface area contributed by atoms with E-state index >= 15 is 0 Å². The van der Waals surface area contributed by atoms with Gasteiger partial charge in [0, 0.05) is 34.9 Å². The van der Waals surface area contributed by atoms with Crippen LogP contribution in [0.25, 0.3) is 0 Å². The van der Waals surface area contributed by atoms with Gasteiger partial charge in [-0.15, -0.1) is 0 Å². The second-order valence-electron chi connectivity index (χ2n) is 6.11. The van der Waals surface area contributed by atoms with E-state index in [4.69, 9.17) is 16.3 Å². The SMILES string of the molecule is CCOc1n[s+]([O-])nc1Nc1ccc(Cl)c(S(=O)(=O)N2CCN(C)CC2)c1O. The number of phenolic OH excluding ortho intramolecular Hbond substituents is 1. The Kier molecular flexibility index (Phi) is 6.27. The van der Waals surface area contributed by atoms with Gasteiger partial charge in [0.1, 0.15) is 4.90 Å². The molecule has 0 aliphatic carbocycles. The van der Waals surface area contributed by atoms with Crippen LogP contribution in [0.5, 0.6) is 11.6 Å². The number of likely N-dealkylation sites (N-methyl/N-ethyl adjacent to an activating group) is 1. The van der Waals surface area contributed by atoms with Crippen LogP contribution in [0.15, 0.2) is 17.0 Å². The number of aromatic nitrogens is 2. The molecule has 1 aromatic carbocycles. The van der Waals surface area contributed by atoms with Gasteiger partial charge in [-0.05, 0) is 26.1 Å². The highest BCUT2D eigenvalue weighted by atomic mass is 35.5. The van der Waals surface area contributed by atoms with Crippen molar-refractivity contribution in [3.8, 4) is 11.6 Å². The molecule has 1 saturated heterocycles. The largest absolute Gasteiger partial charge is 0.546 e. The highest BCUT2D eigenvalue weighted by Gasteiger charge is 2.33. The Balaban J connectivity index is 1.97. The summed E-state index contributed by atoms with van der Waals surface area (Å²) in [7, 11) is -2.11. The van der Waals surface area contributed by atoms with E-state index < -0.39 is 31.8 Å². The van der Waals surface area contributed by atoms with Crippen molar-refractivity contribution in [2.75, 3.05) is 45.2 Å². The monoisotopic (exact) mass is 449 g/mol. The standard InChI is InChI=1S/C15H20ClN5O5S2/c1-3-26-15-14(18-27(23)19-15)17-11-5-4-10(16)13(12(11)22)28(24,25)21-8-6-20(2)7-9-21/h4-5,22H,3,6-9H2,1-2H3,(H,17,18). The fourth-order valence-corrected chi connectivity index (χ4v) is 5.36. The van der Waals surface area contributed by atoms with Gasteiger partial charge in [0.2, 0.25) is 10.0 Å². The number of anilines is 2. The van der Waals surface area contributed by atoms with Gasteiger partial charge in [-0.2, -0.15) is 4.31 Å². The van der Waals surface area contributed by atoms with Crippen LogP contribution in [0.3, 0.4) is 0 Å². The molecule has 13 heteroatoms. The first kappa shape index (κ1) is 21.0. The van der Waals surface area contributed by atoms with E-state index in [0.717, 1.165) is 0 Å². The Bertz CT molecular complexity index is 960. The predicted octanol–water partition coefficient (Wildman–Crippen LogP) is 1.64. The first-order valence-electron chi connectivity index (χ1n) is 8.43. The van der Waals surface area contributed by atoms with Crippen molar-refractivity contribution in [1.29, 1.82) is 0 Å². The minimum absolute atomic E-state index is 0.0126. The van der Waals surface area contributed by atoms with Gasteiger partial charge in [-0.25, -0.2) is 8.42 Å². The van der Waals surface area contributed by atoms with E-state index in [1.54, 1.807) is 6.92 Å². The molecule has 10 nitrogen and oxygen atoms in total. The number of benzene rings is 1. The summed E-state index contributed by atoms with van der Waals surface area (Å²) in [5.41, 5.74) is 0.0298. The number of ether oxygens (including phenoxy) is 1. The van der Waals surface area contributed by atoms with Crippen molar-refractivity contribution < 1.29 is 22.8 Å². The summed E-state index contributed by atoms with van der Waals surface area (Å²) >= 11 is 4.27. The number of hydrogen-bond acceptors (Lipinski definition) is 9. The fourth-order valence-electron chi connectivity index (χ4n) is 2.74. The summed E-state index contributed by atoms with van der Waals surface area (Å²) in [5, 5.41) is 13.3. The summed E-state index contributed by atoms with van der Waals surface area (Å²) in [5.74, 6) is -0.512. The van der Waals surface area contributed by atoms with Crippen molar-refractivity contribution in [2.45, 2.75) is 11.8 Å². The van der Waals surface area contributed by atoms with Crippen molar-refractivity contribution in [1.82, 2.24) is 18.0 Å². The summed E-state index contributed by atoms with van der Waals surface area (Å²) in [6.07, 6.45) is 0. The number of phenols is 1. The topological polar surface area (TPSA) is 131 Å². The lowest BCUT2D eigenvalue weighted by Crippen LogP contribution is -2.47. The summed E-state index contributed by atoms with van der Waals surface area (Å²) in [4.78, 5) is 1.62. The molecule has 0 radical (unpaired) electrons. The normalized spacial score (nSPS) is 16.9. The maximum atomic E-state index is 13.1. The van der Waals surface area contributed by atoms with E-state index in [0.29, 0.717) is 26.2 Å². The number of hydrogen-bond donors (Lipinski definition) is 2. The lowest BCUT2D eigenvalue weighted by molar-refractivity contribution is 0.222. The molecule has 1 aromatic heterocycles. The zero-order chi connectivity index (χ0) is 20.5. The van der Waals surface area contributed by atoms with Crippen LogP contribution in [0.2, 0.25) is 5.02 Å². The average molecular weight is 450 g/mol. The highest BCUT2D eigenvalue weighted by Crippen LogP contribution is 2.41. The number of halogens is 1. The number of piperazine rings is 1. The molecule has 154 valence electrons. The molecular weight excluding hydrogens is 430 g/mol.